The van der Waals surface area contributed by atoms with Gasteiger partial charge < -0.3 is 14.6 Å². The second-order valence-corrected chi connectivity index (χ2v) is 5.66. The number of carbonyl (C=O) groups is 1. The summed E-state index contributed by atoms with van der Waals surface area (Å²) >= 11 is 0. The summed E-state index contributed by atoms with van der Waals surface area (Å²) in [4.78, 5) is 18.3. The third kappa shape index (κ3) is 2.90. The summed E-state index contributed by atoms with van der Waals surface area (Å²) in [6, 6.07) is -0.0956. The van der Waals surface area contributed by atoms with Gasteiger partial charge in [-0.05, 0) is 25.3 Å². The maximum atomic E-state index is 12.4. The SMILES string of the molecule is CNC1CCC(C)(C)CN(Cc2ncco2)C1=O. The Kier molecular flexibility index (Phi) is 3.71. The molecule has 0 saturated carbocycles. The van der Waals surface area contributed by atoms with Gasteiger partial charge in [0.05, 0.1) is 18.8 Å². The van der Waals surface area contributed by atoms with Crippen molar-refractivity contribution < 1.29 is 9.21 Å². The molecule has 1 aromatic rings. The lowest BCUT2D eigenvalue weighted by Crippen LogP contribution is -2.44. The van der Waals surface area contributed by atoms with Gasteiger partial charge >= 0.3 is 0 Å². The van der Waals surface area contributed by atoms with Crippen molar-refractivity contribution in [3.05, 3.63) is 18.4 Å². The van der Waals surface area contributed by atoms with E-state index in [9.17, 15) is 4.79 Å². The first-order valence-electron chi connectivity index (χ1n) is 6.36. The fourth-order valence-corrected chi connectivity index (χ4v) is 2.45. The molecule has 1 aliphatic heterocycles. The Bertz CT molecular complexity index is 400. The highest BCUT2D eigenvalue weighted by molar-refractivity contribution is 5.82. The van der Waals surface area contributed by atoms with Gasteiger partial charge in [-0.1, -0.05) is 13.8 Å². The van der Waals surface area contributed by atoms with Gasteiger partial charge in [-0.2, -0.15) is 0 Å². The van der Waals surface area contributed by atoms with E-state index in [4.69, 9.17) is 4.42 Å². The van der Waals surface area contributed by atoms with Gasteiger partial charge in [0, 0.05) is 6.54 Å². The molecular formula is C13H21N3O2. The lowest BCUT2D eigenvalue weighted by Gasteiger charge is -2.29. The quantitative estimate of drug-likeness (QED) is 0.882. The molecule has 1 aliphatic rings. The zero-order chi connectivity index (χ0) is 13.2. The first-order chi connectivity index (χ1) is 8.52. The van der Waals surface area contributed by atoms with Crippen LogP contribution in [0.2, 0.25) is 0 Å². The van der Waals surface area contributed by atoms with Crippen LogP contribution in [-0.2, 0) is 11.3 Å². The van der Waals surface area contributed by atoms with Gasteiger partial charge in [-0.25, -0.2) is 4.98 Å². The molecule has 1 unspecified atom stereocenters. The summed E-state index contributed by atoms with van der Waals surface area (Å²) in [5, 5.41) is 3.10. The monoisotopic (exact) mass is 251 g/mol. The van der Waals surface area contributed by atoms with E-state index in [0.29, 0.717) is 12.4 Å². The van der Waals surface area contributed by atoms with Crippen molar-refractivity contribution >= 4 is 5.91 Å². The largest absolute Gasteiger partial charge is 0.447 e. The summed E-state index contributed by atoms with van der Waals surface area (Å²) in [6.07, 6.45) is 5.06. The molecule has 2 heterocycles. The molecule has 100 valence electrons. The minimum atomic E-state index is -0.0956. The molecule has 1 aromatic heterocycles. The third-order valence-corrected chi connectivity index (χ3v) is 3.50. The molecule has 1 saturated heterocycles. The Balaban J connectivity index is 2.15. The number of likely N-dealkylation sites (N-methyl/N-ethyl adjacent to an activating group) is 1. The van der Waals surface area contributed by atoms with Crippen LogP contribution in [-0.4, -0.2) is 35.4 Å². The van der Waals surface area contributed by atoms with E-state index in [2.05, 4.69) is 24.1 Å². The van der Waals surface area contributed by atoms with Crippen LogP contribution < -0.4 is 5.32 Å². The van der Waals surface area contributed by atoms with Crippen LogP contribution in [0, 0.1) is 5.41 Å². The lowest BCUT2D eigenvalue weighted by molar-refractivity contribution is -0.134. The summed E-state index contributed by atoms with van der Waals surface area (Å²) in [7, 11) is 1.84. The van der Waals surface area contributed by atoms with Gasteiger partial charge in [0.1, 0.15) is 6.26 Å². The minimum Gasteiger partial charge on any atom is -0.447 e. The maximum absolute atomic E-state index is 12.4. The number of nitrogens with zero attached hydrogens (tertiary/aromatic N) is 2. The van der Waals surface area contributed by atoms with Gasteiger partial charge in [0.25, 0.3) is 0 Å². The van der Waals surface area contributed by atoms with Gasteiger partial charge in [0.2, 0.25) is 11.8 Å². The van der Waals surface area contributed by atoms with Crippen molar-refractivity contribution in [3.63, 3.8) is 0 Å². The molecule has 0 bridgehead atoms. The van der Waals surface area contributed by atoms with Gasteiger partial charge in [0.15, 0.2) is 0 Å². The highest BCUT2D eigenvalue weighted by Crippen LogP contribution is 2.29. The Morgan fingerprint density at radius 1 is 1.61 bits per heavy atom. The van der Waals surface area contributed by atoms with Crippen LogP contribution in [0.3, 0.4) is 0 Å². The van der Waals surface area contributed by atoms with Crippen LogP contribution >= 0.6 is 0 Å². The first kappa shape index (κ1) is 13.1. The number of rotatable bonds is 3. The third-order valence-electron chi connectivity index (χ3n) is 3.50. The van der Waals surface area contributed by atoms with E-state index in [-0.39, 0.29) is 17.4 Å². The smallest absolute Gasteiger partial charge is 0.240 e. The average molecular weight is 251 g/mol. The Labute approximate surface area is 108 Å². The Morgan fingerprint density at radius 2 is 2.39 bits per heavy atom. The molecule has 2 rings (SSSR count). The predicted octanol–water partition coefficient (Wildman–Crippen LogP) is 1.41. The van der Waals surface area contributed by atoms with Gasteiger partial charge in [-0.3, -0.25) is 4.79 Å². The van der Waals surface area contributed by atoms with E-state index in [1.54, 1.807) is 12.5 Å². The van der Waals surface area contributed by atoms with E-state index >= 15 is 0 Å². The van der Waals surface area contributed by atoms with Crippen LogP contribution in [0.5, 0.6) is 0 Å². The number of hydrogen-bond donors (Lipinski definition) is 1. The molecule has 5 heteroatoms. The fraction of sp³-hybridized carbons (Fsp3) is 0.692. The number of amides is 1. The van der Waals surface area contributed by atoms with E-state index in [1.165, 1.54) is 0 Å². The minimum absolute atomic E-state index is 0.0956. The molecule has 5 nitrogen and oxygen atoms in total. The summed E-state index contributed by atoms with van der Waals surface area (Å²) < 4.78 is 5.24. The molecule has 1 N–H and O–H groups in total. The molecule has 18 heavy (non-hydrogen) atoms. The normalized spacial score (nSPS) is 24.1. The van der Waals surface area contributed by atoms with Crippen molar-refractivity contribution in [1.29, 1.82) is 0 Å². The maximum Gasteiger partial charge on any atom is 0.240 e. The molecule has 0 aliphatic carbocycles. The number of nitrogens with one attached hydrogen (secondary N) is 1. The molecule has 1 atom stereocenters. The zero-order valence-corrected chi connectivity index (χ0v) is 11.3. The Hall–Kier alpha value is -1.36. The lowest BCUT2D eigenvalue weighted by atomic mass is 9.87. The van der Waals surface area contributed by atoms with Crippen molar-refractivity contribution in [3.8, 4) is 0 Å². The molecule has 0 spiro atoms. The predicted molar refractivity (Wildman–Crippen MR) is 67.8 cm³/mol. The first-order valence-corrected chi connectivity index (χ1v) is 6.36. The van der Waals surface area contributed by atoms with E-state index < -0.39 is 0 Å². The summed E-state index contributed by atoms with van der Waals surface area (Å²) in [5.74, 6) is 0.733. The van der Waals surface area contributed by atoms with E-state index in [1.807, 2.05) is 11.9 Å². The number of hydrogen-bond acceptors (Lipinski definition) is 4. The zero-order valence-electron chi connectivity index (χ0n) is 11.3. The van der Waals surface area contributed by atoms with Crippen LogP contribution in [0.15, 0.2) is 16.9 Å². The molecular weight excluding hydrogens is 230 g/mol. The van der Waals surface area contributed by atoms with Crippen molar-refractivity contribution in [2.45, 2.75) is 39.3 Å². The van der Waals surface area contributed by atoms with E-state index in [0.717, 1.165) is 19.4 Å². The van der Waals surface area contributed by atoms with Crippen LogP contribution in [0.25, 0.3) is 0 Å². The highest BCUT2D eigenvalue weighted by Gasteiger charge is 2.34. The topological polar surface area (TPSA) is 58.4 Å². The summed E-state index contributed by atoms with van der Waals surface area (Å²) in [6.45, 7) is 5.58. The van der Waals surface area contributed by atoms with Gasteiger partial charge in [-0.15, -0.1) is 0 Å². The van der Waals surface area contributed by atoms with Crippen molar-refractivity contribution in [1.82, 2.24) is 15.2 Å². The number of oxazole rings is 1. The number of carbonyl (C=O) groups excluding carboxylic acids is 1. The molecule has 0 radical (unpaired) electrons. The number of likely N-dealkylation sites (tertiary alicyclic amines) is 1. The van der Waals surface area contributed by atoms with Crippen molar-refractivity contribution in [2.75, 3.05) is 13.6 Å². The molecule has 0 aromatic carbocycles. The van der Waals surface area contributed by atoms with Crippen LogP contribution in [0.1, 0.15) is 32.6 Å². The average Bonchev–Trinajstić information content (AvgIpc) is 2.77. The standard InChI is InChI=1S/C13H21N3O2/c1-13(2)5-4-10(14-3)12(17)16(9-13)8-11-15-6-7-18-11/h6-7,10,14H,4-5,8-9H2,1-3H3. The second-order valence-electron chi connectivity index (χ2n) is 5.66. The van der Waals surface area contributed by atoms with Crippen molar-refractivity contribution in [2.24, 2.45) is 5.41 Å². The second kappa shape index (κ2) is 5.10. The Morgan fingerprint density at radius 3 is 3.00 bits per heavy atom. The molecule has 1 amide bonds. The molecule has 1 fully saturated rings. The number of aromatic nitrogens is 1. The fourth-order valence-electron chi connectivity index (χ4n) is 2.45. The summed E-state index contributed by atoms with van der Waals surface area (Å²) in [5.41, 5.74) is 0.133. The van der Waals surface area contributed by atoms with Crippen LogP contribution in [0.4, 0.5) is 0 Å². The highest BCUT2D eigenvalue weighted by atomic mass is 16.3.